The lowest BCUT2D eigenvalue weighted by atomic mass is 9.89. The van der Waals surface area contributed by atoms with E-state index in [1.165, 1.54) is 4.90 Å². The molecular formula is C10H19BF3N2O-. The second-order valence-corrected chi connectivity index (χ2v) is 4.89. The van der Waals surface area contributed by atoms with Crippen LogP contribution < -0.4 is 0 Å². The van der Waals surface area contributed by atoms with Gasteiger partial charge in [-0.1, -0.05) is 0 Å². The Morgan fingerprint density at radius 3 is 2.12 bits per heavy atom. The van der Waals surface area contributed by atoms with E-state index in [0.29, 0.717) is 19.1 Å². The lowest BCUT2D eigenvalue weighted by Gasteiger charge is -2.41. The lowest BCUT2D eigenvalue weighted by molar-refractivity contribution is 0.00170. The molecule has 0 aromatic carbocycles. The molecule has 2 fully saturated rings. The average molecular weight is 251 g/mol. The topological polar surface area (TPSA) is 15.7 Å². The van der Waals surface area contributed by atoms with Crippen molar-refractivity contribution in [2.75, 3.05) is 45.8 Å². The molecule has 0 atom stereocenters. The van der Waals surface area contributed by atoms with Crippen molar-refractivity contribution in [2.24, 2.45) is 0 Å². The first kappa shape index (κ1) is 13.2. The van der Waals surface area contributed by atoms with E-state index in [4.69, 9.17) is 4.74 Å². The van der Waals surface area contributed by atoms with Crippen molar-refractivity contribution in [1.82, 2.24) is 9.80 Å². The summed E-state index contributed by atoms with van der Waals surface area (Å²) in [4.78, 5) is 3.90. The third-order valence-electron chi connectivity index (χ3n) is 3.58. The summed E-state index contributed by atoms with van der Waals surface area (Å²) in [6.45, 7) is -0.165. The van der Waals surface area contributed by atoms with Crippen LogP contribution in [0.3, 0.4) is 0 Å². The zero-order valence-electron chi connectivity index (χ0n) is 9.96. The molecule has 2 saturated heterocycles. The van der Waals surface area contributed by atoms with E-state index in [-0.39, 0.29) is 0 Å². The minimum atomic E-state index is -4.67. The lowest BCUT2D eigenvalue weighted by Crippen LogP contribution is -2.50. The van der Waals surface area contributed by atoms with E-state index >= 15 is 0 Å². The second kappa shape index (κ2) is 5.58. The van der Waals surface area contributed by atoms with Gasteiger partial charge in [0, 0.05) is 19.1 Å². The summed E-state index contributed by atoms with van der Waals surface area (Å²) in [5.41, 5.74) is 0. The molecule has 0 aliphatic carbocycles. The Balaban J connectivity index is 1.73. The van der Waals surface area contributed by atoms with E-state index in [9.17, 15) is 12.9 Å². The maximum atomic E-state index is 12.3. The van der Waals surface area contributed by atoms with Crippen molar-refractivity contribution in [3.63, 3.8) is 0 Å². The van der Waals surface area contributed by atoms with Crippen LogP contribution in [0, 0.1) is 0 Å². The molecule has 2 aliphatic rings. The van der Waals surface area contributed by atoms with Gasteiger partial charge in [-0.3, -0.25) is 4.90 Å². The van der Waals surface area contributed by atoms with Gasteiger partial charge in [0.15, 0.2) is 0 Å². The maximum Gasteiger partial charge on any atom is 0.492 e. The Hall–Kier alpha value is -0.265. The van der Waals surface area contributed by atoms with Crippen molar-refractivity contribution in [1.29, 1.82) is 0 Å². The number of ether oxygens (including phenoxy) is 1. The molecule has 7 heteroatoms. The zero-order chi connectivity index (χ0) is 12.3. The SMILES string of the molecule is F[B-](F)(F)CN1CCC(N2CCOCC2)CC1. The first-order valence-corrected chi connectivity index (χ1v) is 6.30. The molecule has 17 heavy (non-hydrogen) atoms. The fourth-order valence-electron chi connectivity index (χ4n) is 2.70. The highest BCUT2D eigenvalue weighted by Crippen LogP contribution is 2.20. The van der Waals surface area contributed by atoms with Gasteiger partial charge in [0.05, 0.1) is 13.2 Å². The second-order valence-electron chi connectivity index (χ2n) is 4.89. The fourth-order valence-corrected chi connectivity index (χ4v) is 2.70. The number of likely N-dealkylation sites (tertiary alicyclic amines) is 1. The third kappa shape index (κ3) is 4.15. The summed E-state index contributed by atoms with van der Waals surface area (Å²) in [6, 6.07) is 0.455. The van der Waals surface area contributed by atoms with Crippen molar-refractivity contribution >= 4 is 6.98 Å². The smallest absolute Gasteiger partial charge is 0.448 e. The van der Waals surface area contributed by atoms with Crippen LogP contribution in [0.2, 0.25) is 0 Å². The summed E-state index contributed by atoms with van der Waals surface area (Å²) in [5.74, 6) is 0. The van der Waals surface area contributed by atoms with Gasteiger partial charge >= 0.3 is 6.98 Å². The molecule has 0 aromatic heterocycles. The van der Waals surface area contributed by atoms with Gasteiger partial charge in [-0.15, -0.1) is 0 Å². The molecule has 0 bridgehead atoms. The molecule has 3 nitrogen and oxygen atoms in total. The number of halogens is 3. The Bertz CT molecular complexity index is 238. The number of piperidine rings is 1. The molecule has 2 aliphatic heterocycles. The Morgan fingerprint density at radius 2 is 1.59 bits per heavy atom. The minimum absolute atomic E-state index is 0.455. The van der Waals surface area contributed by atoms with E-state index in [0.717, 1.165) is 39.1 Å². The van der Waals surface area contributed by atoms with Crippen LogP contribution in [0.5, 0.6) is 0 Å². The van der Waals surface area contributed by atoms with Gasteiger partial charge in [0.1, 0.15) is 0 Å². The van der Waals surface area contributed by atoms with Gasteiger partial charge in [-0.25, -0.2) is 0 Å². The van der Waals surface area contributed by atoms with Gasteiger partial charge in [0.2, 0.25) is 0 Å². The molecule has 0 amide bonds. The molecule has 0 N–H and O–H groups in total. The van der Waals surface area contributed by atoms with Gasteiger partial charge in [-0.05, 0) is 32.4 Å². The summed E-state index contributed by atoms with van der Waals surface area (Å²) in [5, 5.41) is 0. The van der Waals surface area contributed by atoms with Crippen LogP contribution in [0.1, 0.15) is 12.8 Å². The standard InChI is InChI=1S/C10H19BF3N2O/c12-11(13,14)9-15-3-1-10(2-4-15)16-5-7-17-8-6-16/h10H,1-9H2/q-1. The molecule has 0 spiro atoms. The largest absolute Gasteiger partial charge is 0.492 e. The van der Waals surface area contributed by atoms with Crippen molar-refractivity contribution < 1.29 is 17.7 Å². The molecule has 0 saturated carbocycles. The van der Waals surface area contributed by atoms with Crippen LogP contribution in [0.15, 0.2) is 0 Å². The van der Waals surface area contributed by atoms with Gasteiger partial charge < -0.3 is 22.6 Å². The zero-order valence-corrected chi connectivity index (χ0v) is 9.96. The summed E-state index contributed by atoms with van der Waals surface area (Å²) < 4.78 is 42.1. The van der Waals surface area contributed by atoms with E-state index in [1.807, 2.05) is 0 Å². The third-order valence-corrected chi connectivity index (χ3v) is 3.58. The molecule has 2 rings (SSSR count). The van der Waals surface area contributed by atoms with Crippen molar-refractivity contribution in [2.45, 2.75) is 18.9 Å². The summed E-state index contributed by atoms with van der Waals surface area (Å²) >= 11 is 0. The summed E-state index contributed by atoms with van der Waals surface area (Å²) in [7, 11) is 0. The highest BCUT2D eigenvalue weighted by Gasteiger charge is 2.30. The number of rotatable bonds is 3. The van der Waals surface area contributed by atoms with Crippen molar-refractivity contribution in [3.8, 4) is 0 Å². The van der Waals surface area contributed by atoms with Crippen LogP contribution in [-0.4, -0.2) is 68.7 Å². The Morgan fingerprint density at radius 1 is 1.00 bits per heavy atom. The van der Waals surface area contributed by atoms with E-state index in [1.54, 1.807) is 0 Å². The van der Waals surface area contributed by atoms with Crippen LogP contribution in [-0.2, 0) is 4.74 Å². The normalized spacial score (nSPS) is 26.3. The number of morpholine rings is 1. The molecule has 0 aromatic rings. The highest BCUT2D eigenvalue weighted by molar-refractivity contribution is 6.58. The minimum Gasteiger partial charge on any atom is -0.448 e. The monoisotopic (exact) mass is 251 g/mol. The first-order chi connectivity index (χ1) is 8.04. The van der Waals surface area contributed by atoms with Gasteiger partial charge in [0.25, 0.3) is 0 Å². The predicted molar refractivity (Wildman–Crippen MR) is 60.9 cm³/mol. The molecule has 2 heterocycles. The molecule has 0 radical (unpaired) electrons. The van der Waals surface area contributed by atoms with Crippen LogP contribution in [0.25, 0.3) is 0 Å². The van der Waals surface area contributed by atoms with E-state index in [2.05, 4.69) is 4.90 Å². The van der Waals surface area contributed by atoms with E-state index < -0.39 is 13.4 Å². The highest BCUT2D eigenvalue weighted by atomic mass is 19.4. The fraction of sp³-hybridized carbons (Fsp3) is 1.00. The van der Waals surface area contributed by atoms with Gasteiger partial charge in [-0.2, -0.15) is 0 Å². The maximum absolute atomic E-state index is 12.3. The average Bonchev–Trinajstić information content (AvgIpc) is 2.29. The predicted octanol–water partition coefficient (Wildman–Crippen LogP) is 1.17. The van der Waals surface area contributed by atoms with Crippen LogP contribution in [0.4, 0.5) is 12.9 Å². The number of hydrogen-bond acceptors (Lipinski definition) is 3. The molecular weight excluding hydrogens is 232 g/mol. The van der Waals surface area contributed by atoms with Crippen molar-refractivity contribution in [3.05, 3.63) is 0 Å². The van der Waals surface area contributed by atoms with Crippen LogP contribution >= 0.6 is 0 Å². The quantitative estimate of drug-likeness (QED) is 0.700. The number of hydrogen-bond donors (Lipinski definition) is 0. The number of nitrogens with zero attached hydrogens (tertiary/aromatic N) is 2. The summed E-state index contributed by atoms with van der Waals surface area (Å²) in [6.07, 6.45) is 1.01. The molecule has 100 valence electrons. The Kier molecular flexibility index (Phi) is 4.33. The Labute approximate surface area is 99.9 Å². The molecule has 0 unspecified atom stereocenters. The first-order valence-electron chi connectivity index (χ1n) is 6.30.